The Hall–Kier alpha value is -1.43. The standard InChI is InChI=1S/C9H9BrN4O/c1-2-14-5-7(4-13-14)15-9-3-8(10)11-6-12-9/h3-6H,2H2,1H3. The van der Waals surface area contributed by atoms with Crippen LogP contribution in [-0.2, 0) is 6.54 Å². The first-order chi connectivity index (χ1) is 7.28. The molecule has 2 heterocycles. The topological polar surface area (TPSA) is 52.8 Å². The summed E-state index contributed by atoms with van der Waals surface area (Å²) in [6.07, 6.45) is 4.90. The summed E-state index contributed by atoms with van der Waals surface area (Å²) >= 11 is 3.24. The van der Waals surface area contributed by atoms with Gasteiger partial charge in [0.1, 0.15) is 10.9 Å². The zero-order valence-corrected chi connectivity index (χ0v) is 9.68. The molecule has 5 nitrogen and oxygen atoms in total. The molecule has 0 aromatic carbocycles. The van der Waals surface area contributed by atoms with Gasteiger partial charge in [-0.05, 0) is 22.9 Å². The predicted molar refractivity (Wildman–Crippen MR) is 57.7 cm³/mol. The molecule has 0 atom stereocenters. The lowest BCUT2D eigenvalue weighted by molar-refractivity contribution is 0.459. The Labute approximate surface area is 95.2 Å². The van der Waals surface area contributed by atoms with Crippen molar-refractivity contribution >= 4 is 15.9 Å². The normalized spacial score (nSPS) is 10.3. The number of nitrogens with zero attached hydrogens (tertiary/aromatic N) is 4. The quantitative estimate of drug-likeness (QED) is 0.802. The van der Waals surface area contributed by atoms with Gasteiger partial charge in [0.05, 0.1) is 12.4 Å². The van der Waals surface area contributed by atoms with Crippen LogP contribution in [0, 0.1) is 0 Å². The first kappa shape index (κ1) is 10.1. The van der Waals surface area contributed by atoms with Gasteiger partial charge in [0.15, 0.2) is 5.75 Å². The van der Waals surface area contributed by atoms with Crippen LogP contribution in [-0.4, -0.2) is 19.7 Å². The number of halogens is 1. The number of hydrogen-bond donors (Lipinski definition) is 0. The van der Waals surface area contributed by atoms with Gasteiger partial charge in [-0.1, -0.05) is 0 Å². The minimum absolute atomic E-state index is 0.493. The van der Waals surface area contributed by atoms with E-state index in [9.17, 15) is 0 Å². The molecule has 2 aromatic heterocycles. The van der Waals surface area contributed by atoms with E-state index >= 15 is 0 Å². The number of ether oxygens (including phenoxy) is 1. The van der Waals surface area contributed by atoms with Gasteiger partial charge in [0, 0.05) is 12.6 Å². The van der Waals surface area contributed by atoms with Crippen LogP contribution >= 0.6 is 15.9 Å². The molecule has 0 aliphatic carbocycles. The van der Waals surface area contributed by atoms with E-state index < -0.39 is 0 Å². The van der Waals surface area contributed by atoms with Crippen LogP contribution in [0.15, 0.2) is 29.4 Å². The lowest BCUT2D eigenvalue weighted by Crippen LogP contribution is -1.92. The van der Waals surface area contributed by atoms with Crippen LogP contribution in [0.1, 0.15) is 6.92 Å². The third-order valence-electron chi connectivity index (χ3n) is 1.76. The first-order valence-corrected chi connectivity index (χ1v) is 5.25. The van der Waals surface area contributed by atoms with Crippen molar-refractivity contribution in [3.63, 3.8) is 0 Å². The van der Waals surface area contributed by atoms with Crippen LogP contribution in [0.3, 0.4) is 0 Å². The van der Waals surface area contributed by atoms with Gasteiger partial charge in [-0.3, -0.25) is 4.68 Å². The summed E-state index contributed by atoms with van der Waals surface area (Å²) in [6, 6.07) is 1.70. The highest BCUT2D eigenvalue weighted by Gasteiger charge is 2.02. The smallest absolute Gasteiger partial charge is 0.223 e. The minimum atomic E-state index is 0.493. The third kappa shape index (κ3) is 2.53. The molecule has 0 amide bonds. The summed E-state index contributed by atoms with van der Waals surface area (Å²) in [5.41, 5.74) is 0. The Morgan fingerprint density at radius 3 is 3.00 bits per heavy atom. The molecule has 0 unspecified atom stereocenters. The maximum Gasteiger partial charge on any atom is 0.223 e. The molecule has 0 fully saturated rings. The van der Waals surface area contributed by atoms with E-state index in [2.05, 4.69) is 31.0 Å². The van der Waals surface area contributed by atoms with Crippen molar-refractivity contribution in [3.8, 4) is 11.6 Å². The van der Waals surface area contributed by atoms with E-state index in [0.717, 1.165) is 6.54 Å². The number of hydrogen-bond acceptors (Lipinski definition) is 4. The molecule has 0 saturated carbocycles. The second kappa shape index (κ2) is 4.39. The summed E-state index contributed by atoms with van der Waals surface area (Å²) in [4.78, 5) is 7.88. The summed E-state index contributed by atoms with van der Waals surface area (Å²) in [7, 11) is 0. The van der Waals surface area contributed by atoms with Crippen LogP contribution < -0.4 is 4.74 Å². The van der Waals surface area contributed by atoms with Crippen molar-refractivity contribution in [1.82, 2.24) is 19.7 Å². The first-order valence-electron chi connectivity index (χ1n) is 4.46. The fourth-order valence-electron chi connectivity index (χ4n) is 1.06. The lowest BCUT2D eigenvalue weighted by atomic mass is 10.6. The fraction of sp³-hybridized carbons (Fsp3) is 0.222. The molecule has 0 saturated heterocycles. The zero-order valence-electron chi connectivity index (χ0n) is 8.09. The van der Waals surface area contributed by atoms with Crippen LogP contribution in [0.5, 0.6) is 11.6 Å². The van der Waals surface area contributed by atoms with Crippen LogP contribution in [0.4, 0.5) is 0 Å². The van der Waals surface area contributed by atoms with Crippen LogP contribution in [0.25, 0.3) is 0 Å². The molecule has 2 aromatic rings. The number of aryl methyl sites for hydroxylation is 1. The second-order valence-electron chi connectivity index (χ2n) is 2.81. The molecule has 0 spiro atoms. The third-order valence-corrected chi connectivity index (χ3v) is 2.20. The summed E-state index contributed by atoms with van der Waals surface area (Å²) in [6.45, 7) is 2.83. The molecule has 0 radical (unpaired) electrons. The van der Waals surface area contributed by atoms with Crippen LogP contribution in [0.2, 0.25) is 0 Å². The highest BCUT2D eigenvalue weighted by Crippen LogP contribution is 2.19. The predicted octanol–water partition coefficient (Wildman–Crippen LogP) is 2.25. The molecule has 0 aliphatic rings. The molecule has 2 rings (SSSR count). The maximum atomic E-state index is 5.48. The van der Waals surface area contributed by atoms with E-state index in [1.54, 1.807) is 16.9 Å². The Morgan fingerprint density at radius 2 is 2.33 bits per heavy atom. The molecular formula is C9H9BrN4O. The largest absolute Gasteiger partial charge is 0.436 e. The molecule has 15 heavy (non-hydrogen) atoms. The van der Waals surface area contributed by atoms with Crippen molar-refractivity contribution in [2.45, 2.75) is 13.5 Å². The lowest BCUT2D eigenvalue weighted by Gasteiger charge is -2.00. The SMILES string of the molecule is CCn1cc(Oc2cc(Br)ncn2)cn1. The van der Waals surface area contributed by atoms with Crippen molar-refractivity contribution in [2.75, 3.05) is 0 Å². The molecule has 78 valence electrons. The second-order valence-corrected chi connectivity index (χ2v) is 3.63. The van der Waals surface area contributed by atoms with Gasteiger partial charge in [-0.15, -0.1) is 0 Å². The van der Waals surface area contributed by atoms with E-state index in [0.29, 0.717) is 16.2 Å². The maximum absolute atomic E-state index is 5.48. The van der Waals surface area contributed by atoms with Crippen molar-refractivity contribution in [2.24, 2.45) is 0 Å². The Kier molecular flexibility index (Phi) is 2.96. The molecule has 0 N–H and O–H groups in total. The van der Waals surface area contributed by atoms with Gasteiger partial charge >= 0.3 is 0 Å². The minimum Gasteiger partial charge on any atom is -0.436 e. The van der Waals surface area contributed by atoms with Crippen molar-refractivity contribution in [3.05, 3.63) is 29.4 Å². The molecule has 0 bridgehead atoms. The highest BCUT2D eigenvalue weighted by molar-refractivity contribution is 9.10. The average Bonchev–Trinajstić information content (AvgIpc) is 2.65. The van der Waals surface area contributed by atoms with Gasteiger partial charge in [-0.25, -0.2) is 9.97 Å². The molecule has 0 aliphatic heterocycles. The van der Waals surface area contributed by atoms with E-state index in [4.69, 9.17) is 4.74 Å². The van der Waals surface area contributed by atoms with E-state index in [-0.39, 0.29) is 0 Å². The van der Waals surface area contributed by atoms with E-state index in [1.165, 1.54) is 6.33 Å². The van der Waals surface area contributed by atoms with Crippen molar-refractivity contribution < 1.29 is 4.74 Å². The number of rotatable bonds is 3. The summed E-state index contributed by atoms with van der Waals surface area (Å²) < 4.78 is 7.95. The van der Waals surface area contributed by atoms with Gasteiger partial charge < -0.3 is 4.74 Å². The van der Waals surface area contributed by atoms with Crippen molar-refractivity contribution in [1.29, 1.82) is 0 Å². The van der Waals surface area contributed by atoms with Gasteiger partial charge in [-0.2, -0.15) is 5.10 Å². The molecule has 6 heteroatoms. The average molecular weight is 269 g/mol. The Bertz CT molecular complexity index is 457. The zero-order chi connectivity index (χ0) is 10.7. The number of aromatic nitrogens is 4. The Morgan fingerprint density at radius 1 is 1.47 bits per heavy atom. The summed E-state index contributed by atoms with van der Waals surface area (Å²) in [5, 5.41) is 4.09. The highest BCUT2D eigenvalue weighted by atomic mass is 79.9. The monoisotopic (exact) mass is 268 g/mol. The Balaban J connectivity index is 2.14. The summed E-state index contributed by atoms with van der Waals surface area (Å²) in [5.74, 6) is 1.16. The fourth-order valence-corrected chi connectivity index (χ4v) is 1.35. The van der Waals surface area contributed by atoms with Gasteiger partial charge in [0.25, 0.3) is 0 Å². The van der Waals surface area contributed by atoms with Gasteiger partial charge in [0.2, 0.25) is 5.88 Å². The molecular weight excluding hydrogens is 260 g/mol. The van der Waals surface area contributed by atoms with E-state index in [1.807, 2.05) is 13.1 Å².